The Balaban J connectivity index is 3.33. The summed E-state index contributed by atoms with van der Waals surface area (Å²) in [6.45, 7) is 1.15. The standard InChI is InChI=1S/C10H14BrFN2O3S/c1-6(5-15)14(2)18(16,17)10-4-9(13)7(11)3-8(10)12/h3-4,6,15H,5,13H2,1-2H3. The van der Waals surface area contributed by atoms with Gasteiger partial charge in [-0.3, -0.25) is 0 Å². The number of rotatable bonds is 4. The van der Waals surface area contributed by atoms with Crippen molar-refractivity contribution < 1.29 is 17.9 Å². The minimum Gasteiger partial charge on any atom is -0.398 e. The number of hydrogen-bond acceptors (Lipinski definition) is 4. The van der Waals surface area contributed by atoms with Crippen LogP contribution in [0.2, 0.25) is 0 Å². The number of sulfonamides is 1. The van der Waals surface area contributed by atoms with E-state index >= 15 is 0 Å². The molecule has 5 nitrogen and oxygen atoms in total. The van der Waals surface area contributed by atoms with Crippen LogP contribution in [0.5, 0.6) is 0 Å². The molecule has 1 aromatic carbocycles. The number of nitrogen functional groups attached to an aromatic ring is 1. The Morgan fingerprint density at radius 3 is 2.61 bits per heavy atom. The van der Waals surface area contributed by atoms with Crippen LogP contribution >= 0.6 is 15.9 Å². The van der Waals surface area contributed by atoms with E-state index in [4.69, 9.17) is 10.8 Å². The predicted octanol–water partition coefficient (Wildman–Crippen LogP) is 1.17. The zero-order valence-electron chi connectivity index (χ0n) is 9.89. The van der Waals surface area contributed by atoms with Crippen LogP contribution in [0.4, 0.5) is 10.1 Å². The van der Waals surface area contributed by atoms with Gasteiger partial charge in [-0.2, -0.15) is 4.31 Å². The van der Waals surface area contributed by atoms with Crippen LogP contribution in [0.15, 0.2) is 21.5 Å². The molecule has 0 saturated carbocycles. The van der Waals surface area contributed by atoms with E-state index in [2.05, 4.69) is 15.9 Å². The van der Waals surface area contributed by atoms with Gasteiger partial charge in [0.15, 0.2) is 0 Å². The van der Waals surface area contributed by atoms with Crippen molar-refractivity contribution in [2.45, 2.75) is 17.9 Å². The van der Waals surface area contributed by atoms with Crippen molar-refractivity contribution in [3.63, 3.8) is 0 Å². The number of halogens is 2. The Morgan fingerprint density at radius 1 is 1.56 bits per heavy atom. The zero-order chi connectivity index (χ0) is 14.1. The van der Waals surface area contributed by atoms with Gasteiger partial charge in [0.1, 0.15) is 10.7 Å². The van der Waals surface area contributed by atoms with Crippen LogP contribution in [0, 0.1) is 5.82 Å². The maximum absolute atomic E-state index is 13.7. The Kier molecular flexibility index (Phi) is 4.71. The third kappa shape index (κ3) is 2.82. The molecule has 0 radical (unpaired) electrons. The van der Waals surface area contributed by atoms with Crippen molar-refractivity contribution in [3.05, 3.63) is 22.4 Å². The first-order valence-corrected chi connectivity index (χ1v) is 7.28. The number of likely N-dealkylation sites (N-methyl/N-ethyl adjacent to an activating group) is 1. The molecule has 0 heterocycles. The fraction of sp³-hybridized carbons (Fsp3) is 0.400. The first kappa shape index (κ1) is 15.4. The van der Waals surface area contributed by atoms with E-state index < -0.39 is 26.8 Å². The zero-order valence-corrected chi connectivity index (χ0v) is 12.3. The second kappa shape index (κ2) is 5.52. The number of benzene rings is 1. The van der Waals surface area contributed by atoms with Gasteiger partial charge in [-0.05, 0) is 35.0 Å². The Labute approximate surface area is 114 Å². The average molecular weight is 341 g/mol. The lowest BCUT2D eigenvalue weighted by atomic mass is 10.3. The summed E-state index contributed by atoms with van der Waals surface area (Å²) in [5, 5.41) is 8.95. The largest absolute Gasteiger partial charge is 0.398 e. The summed E-state index contributed by atoms with van der Waals surface area (Å²) in [4.78, 5) is -0.508. The molecule has 3 N–H and O–H groups in total. The van der Waals surface area contributed by atoms with Crippen molar-refractivity contribution >= 4 is 31.6 Å². The van der Waals surface area contributed by atoms with Gasteiger partial charge in [-0.25, -0.2) is 12.8 Å². The van der Waals surface area contributed by atoms with Crippen LogP contribution < -0.4 is 5.73 Å². The first-order chi connectivity index (χ1) is 8.21. The van der Waals surface area contributed by atoms with Crippen molar-refractivity contribution in [2.75, 3.05) is 19.4 Å². The van der Waals surface area contributed by atoms with Crippen LogP contribution in [-0.4, -0.2) is 37.5 Å². The molecular weight excluding hydrogens is 327 g/mol. The molecule has 1 unspecified atom stereocenters. The molecule has 102 valence electrons. The Morgan fingerprint density at radius 2 is 2.11 bits per heavy atom. The van der Waals surface area contributed by atoms with E-state index in [1.807, 2.05) is 0 Å². The number of nitrogens with two attached hydrogens (primary N) is 1. The average Bonchev–Trinajstić information content (AvgIpc) is 2.31. The monoisotopic (exact) mass is 340 g/mol. The van der Waals surface area contributed by atoms with Crippen molar-refractivity contribution in [1.82, 2.24) is 4.31 Å². The second-order valence-corrected chi connectivity index (χ2v) is 6.68. The molecule has 0 aliphatic rings. The molecule has 8 heteroatoms. The fourth-order valence-electron chi connectivity index (χ4n) is 1.25. The molecule has 0 spiro atoms. The van der Waals surface area contributed by atoms with Gasteiger partial charge < -0.3 is 10.8 Å². The van der Waals surface area contributed by atoms with E-state index in [1.54, 1.807) is 0 Å². The van der Waals surface area contributed by atoms with Crippen molar-refractivity contribution in [1.29, 1.82) is 0 Å². The molecule has 0 saturated heterocycles. The molecule has 0 aliphatic heterocycles. The normalized spacial score (nSPS) is 13.9. The molecule has 0 aromatic heterocycles. The summed E-state index contributed by atoms with van der Waals surface area (Å²) < 4.78 is 39.1. The van der Waals surface area contributed by atoms with Gasteiger partial charge in [0.05, 0.1) is 6.61 Å². The highest BCUT2D eigenvalue weighted by molar-refractivity contribution is 9.10. The lowest BCUT2D eigenvalue weighted by Crippen LogP contribution is -2.37. The van der Waals surface area contributed by atoms with Crippen molar-refractivity contribution in [2.24, 2.45) is 0 Å². The Hall–Kier alpha value is -0.700. The van der Waals surface area contributed by atoms with Gasteiger partial charge in [0, 0.05) is 23.2 Å². The van der Waals surface area contributed by atoms with E-state index in [1.165, 1.54) is 14.0 Å². The molecule has 0 fully saturated rings. The summed E-state index contributed by atoms with van der Waals surface area (Å²) >= 11 is 3.01. The molecule has 1 rings (SSSR count). The minimum atomic E-state index is -4.02. The van der Waals surface area contributed by atoms with Crippen LogP contribution in [0.25, 0.3) is 0 Å². The first-order valence-electron chi connectivity index (χ1n) is 5.05. The van der Waals surface area contributed by atoms with Gasteiger partial charge >= 0.3 is 0 Å². The molecule has 1 atom stereocenters. The highest BCUT2D eigenvalue weighted by atomic mass is 79.9. The third-order valence-corrected chi connectivity index (χ3v) is 5.27. The predicted molar refractivity (Wildman–Crippen MR) is 70.0 cm³/mol. The molecule has 0 amide bonds. The van der Waals surface area contributed by atoms with Gasteiger partial charge in [0.2, 0.25) is 10.0 Å². The molecule has 1 aromatic rings. The van der Waals surface area contributed by atoms with E-state index in [0.29, 0.717) is 0 Å². The minimum absolute atomic E-state index is 0.125. The molecule has 0 aliphatic carbocycles. The van der Waals surface area contributed by atoms with E-state index in [-0.39, 0.29) is 16.8 Å². The van der Waals surface area contributed by atoms with Crippen LogP contribution in [0.3, 0.4) is 0 Å². The van der Waals surface area contributed by atoms with Gasteiger partial charge in [-0.15, -0.1) is 0 Å². The lowest BCUT2D eigenvalue weighted by Gasteiger charge is -2.23. The molecular formula is C10H14BrFN2O3S. The summed E-state index contributed by atoms with van der Waals surface area (Å²) in [5.74, 6) is -0.895. The molecule has 0 bridgehead atoms. The van der Waals surface area contributed by atoms with E-state index in [9.17, 15) is 12.8 Å². The quantitative estimate of drug-likeness (QED) is 0.806. The third-order valence-electron chi connectivity index (χ3n) is 2.59. The topological polar surface area (TPSA) is 83.6 Å². The number of aliphatic hydroxyl groups is 1. The molecule has 18 heavy (non-hydrogen) atoms. The maximum Gasteiger partial charge on any atom is 0.246 e. The van der Waals surface area contributed by atoms with Gasteiger partial charge in [0.25, 0.3) is 0 Å². The van der Waals surface area contributed by atoms with Crippen LogP contribution in [0.1, 0.15) is 6.92 Å². The maximum atomic E-state index is 13.7. The second-order valence-electron chi connectivity index (χ2n) is 3.86. The van der Waals surface area contributed by atoms with E-state index in [0.717, 1.165) is 16.4 Å². The summed E-state index contributed by atoms with van der Waals surface area (Å²) in [7, 11) is -2.75. The summed E-state index contributed by atoms with van der Waals surface area (Å²) in [5.41, 5.74) is 5.67. The lowest BCUT2D eigenvalue weighted by molar-refractivity contribution is 0.213. The SMILES string of the molecule is CC(CO)N(C)S(=O)(=O)c1cc(N)c(Br)cc1F. The summed E-state index contributed by atoms with van der Waals surface area (Å²) in [6, 6.07) is 1.40. The number of anilines is 1. The highest BCUT2D eigenvalue weighted by Crippen LogP contribution is 2.28. The van der Waals surface area contributed by atoms with Crippen LogP contribution in [-0.2, 0) is 10.0 Å². The fourth-order valence-corrected chi connectivity index (χ4v) is 3.00. The smallest absolute Gasteiger partial charge is 0.246 e. The number of aliphatic hydroxyl groups excluding tert-OH is 1. The number of nitrogens with zero attached hydrogens (tertiary/aromatic N) is 1. The Bertz CT molecular complexity index is 550. The van der Waals surface area contributed by atoms with Crippen molar-refractivity contribution in [3.8, 4) is 0 Å². The number of hydrogen-bond donors (Lipinski definition) is 2. The summed E-state index contributed by atoms with van der Waals surface area (Å²) in [6.07, 6.45) is 0. The van der Waals surface area contributed by atoms with Gasteiger partial charge in [-0.1, -0.05) is 0 Å². The highest BCUT2D eigenvalue weighted by Gasteiger charge is 2.28.